The zero-order valence-electron chi connectivity index (χ0n) is 10.1. The Morgan fingerprint density at radius 2 is 1.79 bits per heavy atom. The minimum absolute atomic E-state index is 0.720. The molecule has 0 radical (unpaired) electrons. The van der Waals surface area contributed by atoms with Crippen LogP contribution in [0.25, 0.3) is 5.69 Å². The minimum atomic E-state index is 0.720. The summed E-state index contributed by atoms with van der Waals surface area (Å²) < 4.78 is 4.68. The molecule has 0 aliphatic heterocycles. The van der Waals surface area contributed by atoms with Crippen LogP contribution >= 0.6 is 47.8 Å². The summed E-state index contributed by atoms with van der Waals surface area (Å²) in [5.41, 5.74) is 7.41. The van der Waals surface area contributed by atoms with Crippen LogP contribution in [0.5, 0.6) is 0 Å². The molecule has 0 fully saturated rings. The molecule has 7 heteroatoms. The summed E-state index contributed by atoms with van der Waals surface area (Å²) in [4.78, 5) is 0. The third-order valence-electron chi connectivity index (χ3n) is 2.64. The predicted molar refractivity (Wildman–Crippen MR) is 86.5 cm³/mol. The van der Waals surface area contributed by atoms with Crippen LogP contribution in [0.3, 0.4) is 0 Å². The first-order chi connectivity index (χ1) is 9.11. The number of nitrogens with two attached hydrogens (primary N) is 1. The van der Waals surface area contributed by atoms with Crippen LogP contribution in [0.1, 0.15) is 18.5 Å². The van der Waals surface area contributed by atoms with E-state index in [1.165, 1.54) is 0 Å². The maximum atomic E-state index is 5.48. The summed E-state index contributed by atoms with van der Waals surface area (Å²) in [6.07, 6.45) is 4.91. The van der Waals surface area contributed by atoms with Gasteiger partial charge in [0.25, 0.3) is 0 Å². The second-order valence-corrected chi connectivity index (χ2v) is 6.74. The monoisotopic (exact) mass is 450 g/mol. The first kappa shape index (κ1) is 15.2. The second kappa shape index (κ2) is 6.97. The lowest BCUT2D eigenvalue weighted by molar-refractivity contribution is 0.727. The van der Waals surface area contributed by atoms with E-state index >= 15 is 0 Å². The van der Waals surface area contributed by atoms with Gasteiger partial charge in [0.1, 0.15) is 0 Å². The summed E-state index contributed by atoms with van der Waals surface area (Å²) in [6.45, 7) is 0.720. The number of halogens is 3. The summed E-state index contributed by atoms with van der Waals surface area (Å²) in [7, 11) is 0. The normalized spacial score (nSPS) is 10.9. The Kier molecular flexibility index (Phi) is 5.56. The Morgan fingerprint density at radius 1 is 1.11 bits per heavy atom. The van der Waals surface area contributed by atoms with Crippen LogP contribution in [0.4, 0.5) is 0 Å². The fourth-order valence-corrected chi connectivity index (χ4v) is 4.35. The Bertz CT molecular complexity index is 545. The van der Waals surface area contributed by atoms with Crippen LogP contribution in [-0.4, -0.2) is 21.5 Å². The summed E-state index contributed by atoms with van der Waals surface area (Å²) in [5.74, 6) is 0. The van der Waals surface area contributed by atoms with E-state index in [4.69, 9.17) is 5.73 Å². The molecule has 1 heterocycles. The van der Waals surface area contributed by atoms with Crippen molar-refractivity contribution in [1.82, 2.24) is 15.0 Å². The van der Waals surface area contributed by atoms with E-state index in [1.807, 2.05) is 18.3 Å². The van der Waals surface area contributed by atoms with Gasteiger partial charge in [-0.25, -0.2) is 4.68 Å². The van der Waals surface area contributed by atoms with Crippen molar-refractivity contribution in [2.45, 2.75) is 19.3 Å². The Hall–Kier alpha value is -0.240. The van der Waals surface area contributed by atoms with E-state index in [2.05, 4.69) is 58.1 Å². The Balaban J connectivity index is 2.23. The lowest BCUT2D eigenvalue weighted by Gasteiger charge is -2.07. The fourth-order valence-electron chi connectivity index (χ4n) is 1.73. The highest BCUT2D eigenvalue weighted by Gasteiger charge is 2.11. The molecule has 19 heavy (non-hydrogen) atoms. The Morgan fingerprint density at radius 3 is 2.42 bits per heavy atom. The lowest BCUT2D eigenvalue weighted by Crippen LogP contribution is -1.99. The third kappa shape index (κ3) is 3.87. The van der Waals surface area contributed by atoms with Gasteiger partial charge in [0.05, 0.1) is 17.6 Å². The van der Waals surface area contributed by atoms with E-state index in [-0.39, 0.29) is 0 Å². The second-order valence-electron chi connectivity index (χ2n) is 4.12. The number of aryl methyl sites for hydroxylation is 1. The van der Waals surface area contributed by atoms with Gasteiger partial charge in [-0.1, -0.05) is 21.1 Å². The van der Waals surface area contributed by atoms with Gasteiger partial charge in [0.2, 0.25) is 0 Å². The highest BCUT2D eigenvalue weighted by Crippen LogP contribution is 2.32. The lowest BCUT2D eigenvalue weighted by atomic mass is 10.2. The van der Waals surface area contributed by atoms with E-state index in [0.29, 0.717) is 0 Å². The molecule has 0 bridgehead atoms. The van der Waals surface area contributed by atoms with E-state index in [1.54, 1.807) is 4.68 Å². The van der Waals surface area contributed by atoms with Crippen LogP contribution in [0.15, 0.2) is 31.7 Å². The zero-order chi connectivity index (χ0) is 13.8. The largest absolute Gasteiger partial charge is 0.330 e. The minimum Gasteiger partial charge on any atom is -0.330 e. The number of hydrogen-bond donors (Lipinski definition) is 1. The maximum absolute atomic E-state index is 5.48. The number of hydrogen-bond acceptors (Lipinski definition) is 3. The van der Waals surface area contributed by atoms with Crippen molar-refractivity contribution in [3.05, 3.63) is 37.4 Å². The number of nitrogens with zero attached hydrogens (tertiary/aromatic N) is 3. The highest BCUT2D eigenvalue weighted by atomic mass is 79.9. The van der Waals surface area contributed by atoms with Crippen molar-refractivity contribution in [2.75, 3.05) is 6.54 Å². The molecule has 102 valence electrons. The molecule has 0 spiro atoms. The molecule has 0 saturated carbocycles. The van der Waals surface area contributed by atoms with Gasteiger partial charge >= 0.3 is 0 Å². The molecule has 0 atom stereocenters. The molecule has 2 N–H and O–H groups in total. The first-order valence-corrected chi connectivity index (χ1v) is 8.26. The van der Waals surface area contributed by atoms with Crippen LogP contribution in [0.2, 0.25) is 0 Å². The van der Waals surface area contributed by atoms with Gasteiger partial charge in [-0.2, -0.15) is 0 Å². The number of unbranched alkanes of at least 4 members (excludes halogenated alkanes) is 1. The molecule has 0 saturated heterocycles. The molecule has 0 unspecified atom stereocenters. The molecule has 0 aliphatic rings. The van der Waals surface area contributed by atoms with Gasteiger partial charge in [-0.15, -0.1) is 5.10 Å². The van der Waals surface area contributed by atoms with Crippen LogP contribution in [-0.2, 0) is 6.42 Å². The Labute approximate surface area is 137 Å². The van der Waals surface area contributed by atoms with Crippen molar-refractivity contribution >= 4 is 47.8 Å². The van der Waals surface area contributed by atoms with Gasteiger partial charge in [-0.05, 0) is 69.8 Å². The number of rotatable bonds is 5. The molecule has 0 amide bonds. The molecule has 1 aromatic heterocycles. The number of benzene rings is 1. The summed E-state index contributed by atoms with van der Waals surface area (Å²) in [6, 6.07) is 3.96. The third-order valence-corrected chi connectivity index (χ3v) is 4.31. The molecule has 4 nitrogen and oxygen atoms in total. The van der Waals surface area contributed by atoms with E-state index in [0.717, 1.165) is 50.6 Å². The van der Waals surface area contributed by atoms with Gasteiger partial charge in [0.15, 0.2) is 0 Å². The molecule has 2 rings (SSSR count). The van der Waals surface area contributed by atoms with Crippen molar-refractivity contribution < 1.29 is 0 Å². The van der Waals surface area contributed by atoms with Crippen molar-refractivity contribution in [2.24, 2.45) is 5.73 Å². The average molecular weight is 453 g/mol. The summed E-state index contributed by atoms with van der Waals surface area (Å²) in [5, 5.41) is 8.36. The standard InChI is InChI=1S/C12H13Br3N4/c13-8-5-10(14)12(11(15)6-8)19-7-9(17-18-19)3-1-2-4-16/h5-7H,1-4,16H2. The highest BCUT2D eigenvalue weighted by molar-refractivity contribution is 9.11. The molecule has 1 aromatic carbocycles. The SMILES string of the molecule is NCCCCc1cn(-c2c(Br)cc(Br)cc2Br)nn1. The summed E-state index contributed by atoms with van der Waals surface area (Å²) >= 11 is 10.5. The first-order valence-electron chi connectivity index (χ1n) is 5.88. The predicted octanol–water partition coefficient (Wildman–Crippen LogP) is 3.84. The van der Waals surface area contributed by atoms with Crippen LogP contribution in [0, 0.1) is 0 Å². The maximum Gasteiger partial charge on any atom is 0.0948 e. The van der Waals surface area contributed by atoms with Crippen molar-refractivity contribution in [1.29, 1.82) is 0 Å². The smallest absolute Gasteiger partial charge is 0.0948 e. The number of aromatic nitrogens is 3. The van der Waals surface area contributed by atoms with E-state index < -0.39 is 0 Å². The molecular weight excluding hydrogens is 440 g/mol. The molecule has 2 aromatic rings. The van der Waals surface area contributed by atoms with Gasteiger partial charge < -0.3 is 5.73 Å². The fraction of sp³-hybridized carbons (Fsp3) is 0.333. The quantitative estimate of drug-likeness (QED) is 0.701. The molecule has 0 aliphatic carbocycles. The zero-order valence-corrected chi connectivity index (χ0v) is 14.9. The van der Waals surface area contributed by atoms with Crippen molar-refractivity contribution in [3.8, 4) is 5.69 Å². The van der Waals surface area contributed by atoms with Gasteiger partial charge in [0, 0.05) is 13.4 Å². The van der Waals surface area contributed by atoms with Crippen LogP contribution < -0.4 is 5.73 Å². The van der Waals surface area contributed by atoms with E-state index in [9.17, 15) is 0 Å². The topological polar surface area (TPSA) is 56.7 Å². The van der Waals surface area contributed by atoms with Crippen molar-refractivity contribution in [3.63, 3.8) is 0 Å². The van der Waals surface area contributed by atoms with Gasteiger partial charge in [-0.3, -0.25) is 0 Å². The molecular formula is C12H13Br3N4. The average Bonchev–Trinajstić information content (AvgIpc) is 2.76.